The first-order chi connectivity index (χ1) is 12.7. The number of hydrogen-bond donors (Lipinski definition) is 1. The van der Waals surface area contributed by atoms with Crippen LogP contribution in [0.2, 0.25) is 0 Å². The number of benzene rings is 2. The Morgan fingerprint density at radius 2 is 1.88 bits per heavy atom. The van der Waals surface area contributed by atoms with E-state index in [4.69, 9.17) is 4.74 Å². The molecule has 0 aliphatic carbocycles. The SMILES string of the molecule is CCN(C(=O)c1cccc(C(=O)NCC2CCCO2)c1)c1ccccc1. The average Bonchev–Trinajstić information content (AvgIpc) is 3.21. The lowest BCUT2D eigenvalue weighted by atomic mass is 10.1. The molecule has 2 aromatic carbocycles. The molecule has 0 aromatic heterocycles. The van der Waals surface area contributed by atoms with E-state index in [9.17, 15) is 9.59 Å². The summed E-state index contributed by atoms with van der Waals surface area (Å²) in [5, 5.41) is 2.89. The molecule has 2 aromatic rings. The first-order valence-corrected chi connectivity index (χ1v) is 9.06. The third kappa shape index (κ3) is 4.29. The maximum absolute atomic E-state index is 12.9. The summed E-state index contributed by atoms with van der Waals surface area (Å²) in [6, 6.07) is 16.4. The minimum absolute atomic E-state index is 0.0948. The molecule has 3 rings (SSSR count). The molecular formula is C21H24N2O3. The summed E-state index contributed by atoms with van der Waals surface area (Å²) >= 11 is 0. The molecule has 1 saturated heterocycles. The minimum atomic E-state index is -0.182. The van der Waals surface area contributed by atoms with Crippen LogP contribution in [-0.2, 0) is 4.74 Å². The van der Waals surface area contributed by atoms with Crippen molar-refractivity contribution in [1.29, 1.82) is 0 Å². The Balaban J connectivity index is 1.71. The lowest BCUT2D eigenvalue weighted by Gasteiger charge is -2.21. The number of para-hydroxylation sites is 1. The van der Waals surface area contributed by atoms with Gasteiger partial charge in [0.15, 0.2) is 0 Å². The summed E-state index contributed by atoms with van der Waals surface area (Å²) in [6.07, 6.45) is 2.11. The van der Waals surface area contributed by atoms with Crippen LogP contribution in [0.5, 0.6) is 0 Å². The molecule has 1 atom stereocenters. The molecule has 1 unspecified atom stereocenters. The molecule has 0 bridgehead atoms. The number of nitrogens with one attached hydrogen (secondary N) is 1. The standard InChI is InChI=1S/C21H24N2O3/c1-2-23(18-10-4-3-5-11-18)21(25)17-9-6-8-16(14-17)20(24)22-15-19-12-7-13-26-19/h3-6,8-11,14,19H,2,7,12-13,15H2,1H3,(H,22,24). The van der Waals surface area contributed by atoms with Crippen LogP contribution in [0.25, 0.3) is 0 Å². The van der Waals surface area contributed by atoms with Crippen LogP contribution < -0.4 is 10.2 Å². The Morgan fingerprint density at radius 1 is 1.12 bits per heavy atom. The molecule has 1 aliphatic heterocycles. The van der Waals surface area contributed by atoms with Crippen LogP contribution in [0.3, 0.4) is 0 Å². The molecule has 1 fully saturated rings. The lowest BCUT2D eigenvalue weighted by Crippen LogP contribution is -2.33. The zero-order valence-corrected chi connectivity index (χ0v) is 15.0. The largest absolute Gasteiger partial charge is 0.376 e. The highest BCUT2D eigenvalue weighted by molar-refractivity contribution is 6.07. The van der Waals surface area contributed by atoms with Crippen LogP contribution in [0.4, 0.5) is 5.69 Å². The van der Waals surface area contributed by atoms with Crippen molar-refractivity contribution in [2.75, 3.05) is 24.6 Å². The van der Waals surface area contributed by atoms with Crippen molar-refractivity contribution in [2.24, 2.45) is 0 Å². The average molecular weight is 352 g/mol. The van der Waals surface area contributed by atoms with Crippen LogP contribution in [-0.4, -0.2) is 37.6 Å². The molecule has 136 valence electrons. The van der Waals surface area contributed by atoms with E-state index >= 15 is 0 Å². The van der Waals surface area contributed by atoms with E-state index in [1.54, 1.807) is 29.2 Å². The maximum Gasteiger partial charge on any atom is 0.258 e. The molecule has 0 saturated carbocycles. The second kappa shape index (κ2) is 8.63. The van der Waals surface area contributed by atoms with Gasteiger partial charge in [-0.15, -0.1) is 0 Å². The summed E-state index contributed by atoms with van der Waals surface area (Å²) in [5.74, 6) is -0.301. The molecular weight excluding hydrogens is 328 g/mol. The molecule has 1 N–H and O–H groups in total. The van der Waals surface area contributed by atoms with Gasteiger partial charge in [0.25, 0.3) is 11.8 Å². The Morgan fingerprint density at radius 3 is 2.58 bits per heavy atom. The van der Waals surface area contributed by atoms with Crippen LogP contribution >= 0.6 is 0 Å². The molecule has 1 heterocycles. The molecule has 26 heavy (non-hydrogen) atoms. The molecule has 0 spiro atoms. The Hall–Kier alpha value is -2.66. The Kier molecular flexibility index (Phi) is 6.02. The second-order valence-corrected chi connectivity index (χ2v) is 6.31. The fourth-order valence-electron chi connectivity index (χ4n) is 3.11. The maximum atomic E-state index is 12.9. The zero-order chi connectivity index (χ0) is 18.4. The number of rotatable bonds is 6. The third-order valence-corrected chi connectivity index (χ3v) is 4.52. The first-order valence-electron chi connectivity index (χ1n) is 9.06. The van der Waals surface area contributed by atoms with E-state index in [2.05, 4.69) is 5.32 Å². The zero-order valence-electron chi connectivity index (χ0n) is 15.0. The van der Waals surface area contributed by atoms with E-state index < -0.39 is 0 Å². The van der Waals surface area contributed by atoms with Gasteiger partial charge in [-0.3, -0.25) is 9.59 Å². The number of nitrogens with zero attached hydrogens (tertiary/aromatic N) is 1. The smallest absolute Gasteiger partial charge is 0.258 e. The fourth-order valence-corrected chi connectivity index (χ4v) is 3.11. The van der Waals surface area contributed by atoms with Gasteiger partial charge in [0, 0.05) is 36.5 Å². The minimum Gasteiger partial charge on any atom is -0.376 e. The third-order valence-electron chi connectivity index (χ3n) is 4.52. The van der Waals surface area contributed by atoms with Gasteiger partial charge >= 0.3 is 0 Å². The second-order valence-electron chi connectivity index (χ2n) is 6.31. The normalized spacial score (nSPS) is 16.3. The highest BCUT2D eigenvalue weighted by Gasteiger charge is 2.19. The van der Waals surface area contributed by atoms with Crippen molar-refractivity contribution in [2.45, 2.75) is 25.9 Å². The van der Waals surface area contributed by atoms with Crippen LogP contribution in [0.1, 0.15) is 40.5 Å². The summed E-state index contributed by atoms with van der Waals surface area (Å²) in [4.78, 5) is 27.0. The van der Waals surface area contributed by atoms with Crippen LogP contribution in [0, 0.1) is 0 Å². The van der Waals surface area contributed by atoms with E-state index in [0.717, 1.165) is 25.1 Å². The molecule has 2 amide bonds. The van der Waals surface area contributed by atoms with Crippen molar-refractivity contribution >= 4 is 17.5 Å². The van der Waals surface area contributed by atoms with Crippen molar-refractivity contribution in [3.63, 3.8) is 0 Å². The fraction of sp³-hybridized carbons (Fsp3) is 0.333. The van der Waals surface area contributed by atoms with E-state index in [1.165, 1.54) is 0 Å². The molecule has 5 nitrogen and oxygen atoms in total. The molecule has 1 aliphatic rings. The first kappa shape index (κ1) is 18.1. The quantitative estimate of drug-likeness (QED) is 0.868. The Bertz CT molecular complexity index is 755. The van der Waals surface area contributed by atoms with Gasteiger partial charge in [0.1, 0.15) is 0 Å². The van der Waals surface area contributed by atoms with E-state index in [0.29, 0.717) is 24.2 Å². The van der Waals surface area contributed by atoms with E-state index in [-0.39, 0.29) is 17.9 Å². The van der Waals surface area contributed by atoms with Crippen molar-refractivity contribution in [3.05, 3.63) is 65.7 Å². The van der Waals surface area contributed by atoms with Crippen molar-refractivity contribution < 1.29 is 14.3 Å². The van der Waals surface area contributed by atoms with Crippen molar-refractivity contribution in [3.8, 4) is 0 Å². The van der Waals surface area contributed by atoms with Crippen LogP contribution in [0.15, 0.2) is 54.6 Å². The number of carbonyl (C=O) groups is 2. The van der Waals surface area contributed by atoms with Gasteiger partial charge in [0.05, 0.1) is 6.10 Å². The highest BCUT2D eigenvalue weighted by Crippen LogP contribution is 2.17. The summed E-state index contributed by atoms with van der Waals surface area (Å²) in [5.41, 5.74) is 1.83. The van der Waals surface area contributed by atoms with Gasteiger partial charge in [-0.1, -0.05) is 24.3 Å². The van der Waals surface area contributed by atoms with Gasteiger partial charge in [0.2, 0.25) is 0 Å². The molecule has 0 radical (unpaired) electrons. The van der Waals surface area contributed by atoms with Gasteiger partial charge in [-0.25, -0.2) is 0 Å². The number of anilines is 1. The monoisotopic (exact) mass is 352 g/mol. The molecule has 5 heteroatoms. The number of hydrogen-bond acceptors (Lipinski definition) is 3. The predicted molar refractivity (Wildman–Crippen MR) is 102 cm³/mol. The van der Waals surface area contributed by atoms with Gasteiger partial charge in [-0.05, 0) is 50.1 Å². The topological polar surface area (TPSA) is 58.6 Å². The predicted octanol–water partition coefficient (Wildman–Crippen LogP) is 3.26. The van der Waals surface area contributed by atoms with Crippen molar-refractivity contribution in [1.82, 2.24) is 5.32 Å². The number of ether oxygens (including phenoxy) is 1. The Labute approximate surface area is 154 Å². The van der Waals surface area contributed by atoms with Gasteiger partial charge in [-0.2, -0.15) is 0 Å². The van der Waals surface area contributed by atoms with Gasteiger partial charge < -0.3 is 15.0 Å². The summed E-state index contributed by atoms with van der Waals surface area (Å²) in [6.45, 7) is 3.75. The number of amides is 2. The number of carbonyl (C=O) groups excluding carboxylic acids is 2. The lowest BCUT2D eigenvalue weighted by molar-refractivity contribution is 0.0858. The summed E-state index contributed by atoms with van der Waals surface area (Å²) < 4.78 is 5.52. The summed E-state index contributed by atoms with van der Waals surface area (Å²) in [7, 11) is 0. The highest BCUT2D eigenvalue weighted by atomic mass is 16.5. The van der Waals surface area contributed by atoms with E-state index in [1.807, 2.05) is 37.3 Å².